The summed E-state index contributed by atoms with van der Waals surface area (Å²) in [5.41, 5.74) is 4.06. The van der Waals surface area contributed by atoms with Gasteiger partial charge >= 0.3 is 0 Å². The molecule has 2 heteroatoms. The van der Waals surface area contributed by atoms with Crippen molar-refractivity contribution in [2.75, 3.05) is 6.61 Å². The maximum atomic E-state index is 12.5. The smallest absolute Gasteiger partial charge is 0.162 e. The molecule has 0 saturated heterocycles. The number of carbonyl (C=O) groups is 1. The Balaban J connectivity index is 1.89. The predicted molar refractivity (Wildman–Crippen MR) is 95.0 cm³/mol. The molecule has 1 aromatic carbocycles. The van der Waals surface area contributed by atoms with Crippen molar-refractivity contribution < 1.29 is 9.53 Å². The Morgan fingerprint density at radius 1 is 1.26 bits per heavy atom. The van der Waals surface area contributed by atoms with Gasteiger partial charge in [0.05, 0.1) is 13.2 Å². The highest BCUT2D eigenvalue weighted by atomic mass is 16.5. The van der Waals surface area contributed by atoms with Gasteiger partial charge in [0.15, 0.2) is 5.78 Å². The first-order chi connectivity index (χ1) is 11.0. The molecule has 0 aromatic heterocycles. The summed E-state index contributed by atoms with van der Waals surface area (Å²) < 4.78 is 5.73. The Hall–Kier alpha value is -1.93. The van der Waals surface area contributed by atoms with Crippen LogP contribution in [0.2, 0.25) is 0 Å². The van der Waals surface area contributed by atoms with Crippen molar-refractivity contribution in [3.05, 3.63) is 71.8 Å². The molecule has 122 valence electrons. The number of hydrogen-bond donors (Lipinski definition) is 0. The third-order valence-corrected chi connectivity index (χ3v) is 4.45. The van der Waals surface area contributed by atoms with Crippen LogP contribution in [0.3, 0.4) is 0 Å². The Morgan fingerprint density at radius 3 is 2.61 bits per heavy atom. The first kappa shape index (κ1) is 17.4. The highest BCUT2D eigenvalue weighted by Gasteiger charge is 2.32. The molecule has 0 fully saturated rings. The SMILES string of the molecule is C=C(COCc1ccccc1)C[C@@H]1C(=O)C(C)=CC[C@H]1C(=C)C. The van der Waals surface area contributed by atoms with Crippen LogP contribution in [-0.2, 0) is 16.1 Å². The van der Waals surface area contributed by atoms with Gasteiger partial charge in [-0.3, -0.25) is 4.79 Å². The summed E-state index contributed by atoms with van der Waals surface area (Å²) in [5, 5.41) is 0. The summed E-state index contributed by atoms with van der Waals surface area (Å²) >= 11 is 0. The van der Waals surface area contributed by atoms with E-state index in [2.05, 4.69) is 13.2 Å². The minimum Gasteiger partial charge on any atom is -0.372 e. The minimum atomic E-state index is -0.0367. The average molecular weight is 310 g/mol. The van der Waals surface area contributed by atoms with Crippen LogP contribution < -0.4 is 0 Å². The normalized spacial score (nSPS) is 21.0. The van der Waals surface area contributed by atoms with Gasteiger partial charge in [-0.2, -0.15) is 0 Å². The zero-order chi connectivity index (χ0) is 16.8. The second kappa shape index (κ2) is 8.07. The van der Waals surface area contributed by atoms with E-state index in [4.69, 9.17) is 4.74 Å². The molecule has 1 aromatic rings. The Bertz CT molecular complexity index is 610. The summed E-state index contributed by atoms with van der Waals surface area (Å²) in [6, 6.07) is 10.1. The quantitative estimate of drug-likeness (QED) is 0.671. The minimum absolute atomic E-state index is 0.0367. The molecule has 1 aliphatic carbocycles. The van der Waals surface area contributed by atoms with Gasteiger partial charge in [0, 0.05) is 5.92 Å². The van der Waals surface area contributed by atoms with Crippen molar-refractivity contribution in [3.63, 3.8) is 0 Å². The van der Waals surface area contributed by atoms with Crippen LogP contribution in [0.15, 0.2) is 66.3 Å². The fourth-order valence-corrected chi connectivity index (χ4v) is 3.08. The Morgan fingerprint density at radius 2 is 1.96 bits per heavy atom. The van der Waals surface area contributed by atoms with Crippen molar-refractivity contribution in [1.82, 2.24) is 0 Å². The number of benzene rings is 1. The van der Waals surface area contributed by atoms with E-state index in [9.17, 15) is 4.79 Å². The molecule has 0 spiro atoms. The van der Waals surface area contributed by atoms with Gasteiger partial charge in [0.2, 0.25) is 0 Å². The van der Waals surface area contributed by atoms with Gasteiger partial charge in [-0.25, -0.2) is 0 Å². The molecule has 2 rings (SSSR count). The molecule has 1 aliphatic rings. The highest BCUT2D eigenvalue weighted by Crippen LogP contribution is 2.35. The van der Waals surface area contributed by atoms with Crippen molar-refractivity contribution in [2.24, 2.45) is 11.8 Å². The van der Waals surface area contributed by atoms with Crippen LogP contribution >= 0.6 is 0 Å². The molecule has 0 unspecified atom stereocenters. The molecule has 0 saturated carbocycles. The van der Waals surface area contributed by atoms with Crippen molar-refractivity contribution in [1.29, 1.82) is 0 Å². The van der Waals surface area contributed by atoms with Crippen LogP contribution in [0.5, 0.6) is 0 Å². The molecule has 0 N–H and O–H groups in total. The van der Waals surface area contributed by atoms with E-state index in [0.717, 1.165) is 28.7 Å². The van der Waals surface area contributed by atoms with E-state index in [1.54, 1.807) is 0 Å². The zero-order valence-corrected chi connectivity index (χ0v) is 14.2. The number of ketones is 1. The number of hydrogen-bond acceptors (Lipinski definition) is 2. The topological polar surface area (TPSA) is 26.3 Å². The lowest BCUT2D eigenvalue weighted by molar-refractivity contribution is -0.120. The van der Waals surface area contributed by atoms with Crippen LogP contribution in [0, 0.1) is 11.8 Å². The summed E-state index contributed by atoms with van der Waals surface area (Å²) in [6.45, 7) is 13.1. The summed E-state index contributed by atoms with van der Waals surface area (Å²) in [4.78, 5) is 12.5. The number of rotatable bonds is 7. The monoisotopic (exact) mass is 310 g/mol. The van der Waals surface area contributed by atoms with Crippen LogP contribution in [0.4, 0.5) is 0 Å². The highest BCUT2D eigenvalue weighted by molar-refractivity contribution is 5.98. The predicted octanol–water partition coefficient (Wildman–Crippen LogP) is 4.88. The molecule has 0 radical (unpaired) electrons. The standard InChI is InChI=1S/C21H26O2/c1-15(2)19-11-10-17(4)21(22)20(19)12-16(3)13-23-14-18-8-6-5-7-9-18/h5-10,19-20H,1,3,11-14H2,2,4H3/t19-,20-/m0/s1. The summed E-state index contributed by atoms with van der Waals surface area (Å²) in [6.07, 6.45) is 3.61. The number of allylic oxidation sites excluding steroid dienone is 3. The molecule has 0 heterocycles. The van der Waals surface area contributed by atoms with E-state index in [1.807, 2.05) is 50.3 Å². The second-order valence-corrected chi connectivity index (χ2v) is 6.48. The van der Waals surface area contributed by atoms with Crippen LogP contribution in [0.1, 0.15) is 32.3 Å². The maximum absolute atomic E-state index is 12.5. The van der Waals surface area contributed by atoms with E-state index in [0.29, 0.717) is 19.6 Å². The lowest BCUT2D eigenvalue weighted by atomic mass is 9.73. The first-order valence-electron chi connectivity index (χ1n) is 8.13. The number of Topliss-reactive ketones (excluding diaryl/α,β-unsaturated/α-hetero) is 1. The molecule has 0 amide bonds. The third-order valence-electron chi connectivity index (χ3n) is 4.45. The molecule has 0 bridgehead atoms. The lowest BCUT2D eigenvalue weighted by Crippen LogP contribution is -2.29. The summed E-state index contributed by atoms with van der Waals surface area (Å²) in [5.74, 6) is 0.413. The zero-order valence-electron chi connectivity index (χ0n) is 14.2. The molecule has 2 atom stereocenters. The summed E-state index contributed by atoms with van der Waals surface area (Å²) in [7, 11) is 0. The second-order valence-electron chi connectivity index (χ2n) is 6.48. The lowest BCUT2D eigenvalue weighted by Gasteiger charge is -2.30. The number of carbonyl (C=O) groups excluding carboxylic acids is 1. The van der Waals surface area contributed by atoms with Gasteiger partial charge in [-0.05, 0) is 43.7 Å². The van der Waals surface area contributed by atoms with E-state index in [-0.39, 0.29) is 17.6 Å². The molecule has 0 aliphatic heterocycles. The van der Waals surface area contributed by atoms with Gasteiger partial charge in [-0.1, -0.05) is 60.7 Å². The van der Waals surface area contributed by atoms with Gasteiger partial charge in [0.25, 0.3) is 0 Å². The average Bonchev–Trinajstić information content (AvgIpc) is 2.52. The van der Waals surface area contributed by atoms with Gasteiger partial charge in [0.1, 0.15) is 0 Å². The van der Waals surface area contributed by atoms with Crippen molar-refractivity contribution >= 4 is 5.78 Å². The van der Waals surface area contributed by atoms with Crippen molar-refractivity contribution in [3.8, 4) is 0 Å². The van der Waals surface area contributed by atoms with Gasteiger partial charge < -0.3 is 4.74 Å². The maximum Gasteiger partial charge on any atom is 0.162 e. The van der Waals surface area contributed by atoms with E-state index < -0.39 is 0 Å². The Kier molecular flexibility index (Phi) is 6.12. The molecular weight excluding hydrogens is 284 g/mol. The van der Waals surface area contributed by atoms with E-state index >= 15 is 0 Å². The number of ether oxygens (including phenoxy) is 1. The Labute approximate surface area is 139 Å². The van der Waals surface area contributed by atoms with Gasteiger partial charge in [-0.15, -0.1) is 0 Å². The largest absolute Gasteiger partial charge is 0.372 e. The van der Waals surface area contributed by atoms with Crippen LogP contribution in [0.25, 0.3) is 0 Å². The first-order valence-corrected chi connectivity index (χ1v) is 8.13. The molecular formula is C21H26O2. The molecule has 2 nitrogen and oxygen atoms in total. The van der Waals surface area contributed by atoms with E-state index in [1.165, 1.54) is 0 Å². The van der Waals surface area contributed by atoms with Crippen LogP contribution in [-0.4, -0.2) is 12.4 Å². The van der Waals surface area contributed by atoms with Crippen molar-refractivity contribution in [2.45, 2.75) is 33.3 Å². The third kappa shape index (κ3) is 4.77. The fourth-order valence-electron chi connectivity index (χ4n) is 3.08. The fraction of sp³-hybridized carbons (Fsp3) is 0.381. The molecule has 23 heavy (non-hydrogen) atoms.